The highest BCUT2D eigenvalue weighted by molar-refractivity contribution is 5.50. The van der Waals surface area contributed by atoms with Crippen LogP contribution in [-0.2, 0) is 13.6 Å². The zero-order chi connectivity index (χ0) is 13.8. The molecule has 0 unspecified atom stereocenters. The maximum Gasteiger partial charge on any atom is 0.127 e. The Kier molecular flexibility index (Phi) is 3.94. The maximum absolute atomic E-state index is 5.37. The van der Waals surface area contributed by atoms with Crippen molar-refractivity contribution in [3.05, 3.63) is 35.7 Å². The summed E-state index contributed by atoms with van der Waals surface area (Å²) in [7, 11) is 5.24. The van der Waals surface area contributed by atoms with Crippen LogP contribution in [-0.4, -0.2) is 24.0 Å². The van der Waals surface area contributed by atoms with Gasteiger partial charge in [0.2, 0.25) is 0 Å². The molecule has 102 valence electrons. The molecule has 5 heteroatoms. The molecule has 2 rings (SSSR count). The summed E-state index contributed by atoms with van der Waals surface area (Å²) in [6.07, 6.45) is 1.82. The van der Waals surface area contributed by atoms with E-state index in [1.165, 1.54) is 0 Å². The lowest BCUT2D eigenvalue weighted by Gasteiger charge is -2.14. The van der Waals surface area contributed by atoms with Gasteiger partial charge in [-0.3, -0.25) is 4.68 Å². The number of hydrogen-bond donors (Lipinski definition) is 1. The van der Waals surface area contributed by atoms with Crippen molar-refractivity contribution in [3.8, 4) is 11.5 Å². The molecular formula is C14H19N3O2. The van der Waals surface area contributed by atoms with Gasteiger partial charge in [-0.25, -0.2) is 0 Å². The lowest BCUT2D eigenvalue weighted by Crippen LogP contribution is -2.05. The Labute approximate surface area is 113 Å². The number of hydrogen-bond acceptors (Lipinski definition) is 4. The van der Waals surface area contributed by atoms with Crippen LogP contribution in [0.2, 0.25) is 0 Å². The summed E-state index contributed by atoms with van der Waals surface area (Å²) < 4.78 is 12.6. The Hall–Kier alpha value is -2.17. The summed E-state index contributed by atoms with van der Waals surface area (Å²) in [5.74, 6) is 1.63. The number of methoxy groups -OCH3 is 2. The fourth-order valence-corrected chi connectivity index (χ4v) is 1.96. The molecule has 0 aliphatic heterocycles. The van der Waals surface area contributed by atoms with Crippen LogP contribution < -0.4 is 14.8 Å². The second kappa shape index (κ2) is 5.65. The first-order chi connectivity index (χ1) is 9.17. The van der Waals surface area contributed by atoms with Gasteiger partial charge in [-0.05, 0) is 19.1 Å². The normalized spacial score (nSPS) is 10.3. The smallest absolute Gasteiger partial charge is 0.127 e. The molecule has 0 saturated carbocycles. The van der Waals surface area contributed by atoms with Crippen molar-refractivity contribution in [1.82, 2.24) is 9.78 Å². The molecule has 1 heterocycles. The maximum atomic E-state index is 5.37. The molecule has 1 aromatic carbocycles. The van der Waals surface area contributed by atoms with E-state index in [4.69, 9.17) is 9.47 Å². The first kappa shape index (κ1) is 13.3. The lowest BCUT2D eigenvalue weighted by atomic mass is 10.1. The van der Waals surface area contributed by atoms with E-state index in [2.05, 4.69) is 10.4 Å². The standard InChI is InChI=1S/C14H19N3O2/c1-10-12(9-16-17(10)2)15-8-11-13(18-3)6-5-7-14(11)19-4/h5-7,9,15H,8H2,1-4H3. The third kappa shape index (κ3) is 2.65. The average Bonchev–Trinajstić information content (AvgIpc) is 2.76. The third-order valence-electron chi connectivity index (χ3n) is 3.22. The Morgan fingerprint density at radius 3 is 2.32 bits per heavy atom. The van der Waals surface area contributed by atoms with Crippen LogP contribution in [0.3, 0.4) is 0 Å². The van der Waals surface area contributed by atoms with Gasteiger partial charge in [0.15, 0.2) is 0 Å². The van der Waals surface area contributed by atoms with E-state index in [1.807, 2.05) is 43.0 Å². The molecule has 0 radical (unpaired) electrons. The fraction of sp³-hybridized carbons (Fsp3) is 0.357. The summed E-state index contributed by atoms with van der Waals surface area (Å²) in [6, 6.07) is 5.77. The van der Waals surface area contributed by atoms with Gasteiger partial charge >= 0.3 is 0 Å². The first-order valence-electron chi connectivity index (χ1n) is 6.09. The molecule has 1 aromatic heterocycles. The minimum Gasteiger partial charge on any atom is -0.496 e. The molecule has 0 atom stereocenters. The van der Waals surface area contributed by atoms with Crippen LogP contribution in [0.1, 0.15) is 11.3 Å². The third-order valence-corrected chi connectivity index (χ3v) is 3.22. The van der Waals surface area contributed by atoms with Gasteiger partial charge in [0.25, 0.3) is 0 Å². The van der Waals surface area contributed by atoms with Crippen LogP contribution in [0.4, 0.5) is 5.69 Å². The summed E-state index contributed by atoms with van der Waals surface area (Å²) in [4.78, 5) is 0. The van der Waals surface area contributed by atoms with Gasteiger partial charge in [-0.1, -0.05) is 6.07 Å². The zero-order valence-electron chi connectivity index (χ0n) is 11.7. The highest BCUT2D eigenvalue weighted by Gasteiger charge is 2.10. The van der Waals surface area contributed by atoms with E-state index in [1.54, 1.807) is 14.2 Å². The Balaban J connectivity index is 2.21. The summed E-state index contributed by atoms with van der Waals surface area (Å²) >= 11 is 0. The number of aromatic nitrogens is 2. The minimum absolute atomic E-state index is 0.625. The summed E-state index contributed by atoms with van der Waals surface area (Å²) in [6.45, 7) is 2.65. The van der Waals surface area contributed by atoms with Crippen LogP contribution in [0, 0.1) is 6.92 Å². The Morgan fingerprint density at radius 1 is 1.21 bits per heavy atom. The summed E-state index contributed by atoms with van der Waals surface area (Å²) in [5.41, 5.74) is 3.10. The molecule has 1 N–H and O–H groups in total. The predicted molar refractivity (Wildman–Crippen MR) is 74.8 cm³/mol. The Bertz CT molecular complexity index is 542. The number of nitrogens with zero attached hydrogens (tertiary/aromatic N) is 2. The van der Waals surface area contributed by atoms with E-state index in [9.17, 15) is 0 Å². The number of aryl methyl sites for hydroxylation is 1. The predicted octanol–water partition coefficient (Wildman–Crippen LogP) is 2.36. The van der Waals surface area contributed by atoms with Crippen molar-refractivity contribution in [2.75, 3.05) is 19.5 Å². The van der Waals surface area contributed by atoms with E-state index in [0.717, 1.165) is 28.4 Å². The number of ether oxygens (including phenoxy) is 2. The van der Waals surface area contributed by atoms with Crippen molar-refractivity contribution in [2.24, 2.45) is 7.05 Å². The number of rotatable bonds is 5. The SMILES string of the molecule is COc1cccc(OC)c1CNc1cnn(C)c1C. The van der Waals surface area contributed by atoms with Gasteiger partial charge in [-0.15, -0.1) is 0 Å². The Morgan fingerprint density at radius 2 is 1.84 bits per heavy atom. The van der Waals surface area contributed by atoms with E-state index >= 15 is 0 Å². The van der Waals surface area contributed by atoms with Crippen molar-refractivity contribution in [2.45, 2.75) is 13.5 Å². The molecule has 0 bridgehead atoms. The van der Waals surface area contributed by atoms with E-state index in [0.29, 0.717) is 6.54 Å². The van der Waals surface area contributed by atoms with Crippen molar-refractivity contribution < 1.29 is 9.47 Å². The summed E-state index contributed by atoms with van der Waals surface area (Å²) in [5, 5.41) is 7.56. The van der Waals surface area contributed by atoms with Crippen LogP contribution in [0.5, 0.6) is 11.5 Å². The van der Waals surface area contributed by atoms with Crippen LogP contribution in [0.15, 0.2) is 24.4 Å². The second-order valence-electron chi connectivity index (χ2n) is 4.26. The zero-order valence-corrected chi connectivity index (χ0v) is 11.7. The largest absolute Gasteiger partial charge is 0.496 e. The molecule has 2 aromatic rings. The molecule has 19 heavy (non-hydrogen) atoms. The molecule has 0 fully saturated rings. The van der Waals surface area contributed by atoms with Gasteiger partial charge in [0.1, 0.15) is 11.5 Å². The van der Waals surface area contributed by atoms with Crippen LogP contribution in [0.25, 0.3) is 0 Å². The molecule has 0 aliphatic rings. The molecule has 5 nitrogen and oxygen atoms in total. The first-order valence-corrected chi connectivity index (χ1v) is 6.09. The number of nitrogens with one attached hydrogen (secondary N) is 1. The molecule has 0 spiro atoms. The minimum atomic E-state index is 0.625. The molecular weight excluding hydrogens is 242 g/mol. The highest BCUT2D eigenvalue weighted by atomic mass is 16.5. The van der Waals surface area contributed by atoms with Gasteiger partial charge in [0.05, 0.1) is 37.4 Å². The molecule has 0 saturated heterocycles. The molecule has 0 aliphatic carbocycles. The molecule has 0 amide bonds. The van der Waals surface area contributed by atoms with Crippen molar-refractivity contribution in [3.63, 3.8) is 0 Å². The highest BCUT2D eigenvalue weighted by Crippen LogP contribution is 2.29. The van der Waals surface area contributed by atoms with Crippen molar-refractivity contribution >= 4 is 5.69 Å². The number of benzene rings is 1. The van der Waals surface area contributed by atoms with Gasteiger partial charge in [-0.2, -0.15) is 5.10 Å². The topological polar surface area (TPSA) is 48.3 Å². The fourth-order valence-electron chi connectivity index (χ4n) is 1.96. The van der Waals surface area contributed by atoms with Crippen molar-refractivity contribution in [1.29, 1.82) is 0 Å². The van der Waals surface area contributed by atoms with E-state index < -0.39 is 0 Å². The second-order valence-corrected chi connectivity index (χ2v) is 4.26. The monoisotopic (exact) mass is 261 g/mol. The van der Waals surface area contributed by atoms with Gasteiger partial charge < -0.3 is 14.8 Å². The van der Waals surface area contributed by atoms with Gasteiger partial charge in [0, 0.05) is 13.6 Å². The lowest BCUT2D eigenvalue weighted by molar-refractivity contribution is 0.386. The number of anilines is 1. The van der Waals surface area contributed by atoms with E-state index in [-0.39, 0.29) is 0 Å². The van der Waals surface area contributed by atoms with Crippen LogP contribution >= 0.6 is 0 Å². The average molecular weight is 261 g/mol. The quantitative estimate of drug-likeness (QED) is 0.897.